The van der Waals surface area contributed by atoms with Crippen LogP contribution < -0.4 is 5.32 Å². The van der Waals surface area contributed by atoms with Crippen molar-refractivity contribution in [2.45, 2.75) is 19.8 Å². The molecule has 90 valence electrons. The first-order valence-corrected chi connectivity index (χ1v) is 5.42. The maximum absolute atomic E-state index is 11.3. The Balaban J connectivity index is 2.57. The molecule has 1 amide bonds. The highest BCUT2D eigenvalue weighted by atomic mass is 16.4. The van der Waals surface area contributed by atoms with Crippen LogP contribution in [-0.4, -0.2) is 17.0 Å². The molecule has 0 unspecified atom stereocenters. The molecule has 1 rings (SSSR count). The fraction of sp³-hybridized carbons (Fsp3) is 0.231. The van der Waals surface area contributed by atoms with E-state index < -0.39 is 11.9 Å². The van der Waals surface area contributed by atoms with Crippen LogP contribution in [0.1, 0.15) is 18.9 Å². The van der Waals surface area contributed by atoms with Crippen LogP contribution in [0.5, 0.6) is 0 Å². The predicted octanol–water partition coefficient (Wildman–Crippen LogP) is 2.22. The number of carboxylic acids is 1. The van der Waals surface area contributed by atoms with Crippen molar-refractivity contribution < 1.29 is 14.7 Å². The minimum absolute atomic E-state index is 0.448. The minimum atomic E-state index is -1.14. The SMILES string of the molecule is CCCc1ccc(NC(=O)/C=C/C(=O)O)cc1. The Morgan fingerprint density at radius 2 is 1.88 bits per heavy atom. The number of aryl methyl sites for hydroxylation is 1. The van der Waals surface area contributed by atoms with Gasteiger partial charge in [-0.15, -0.1) is 0 Å². The Labute approximate surface area is 100.0 Å². The van der Waals surface area contributed by atoms with Gasteiger partial charge in [-0.3, -0.25) is 4.79 Å². The maximum Gasteiger partial charge on any atom is 0.328 e. The van der Waals surface area contributed by atoms with Crippen LogP contribution in [0, 0.1) is 0 Å². The number of aliphatic carboxylic acids is 1. The van der Waals surface area contributed by atoms with E-state index in [9.17, 15) is 9.59 Å². The van der Waals surface area contributed by atoms with Gasteiger partial charge < -0.3 is 10.4 Å². The van der Waals surface area contributed by atoms with E-state index >= 15 is 0 Å². The van der Waals surface area contributed by atoms with Gasteiger partial charge in [0, 0.05) is 17.8 Å². The highest BCUT2D eigenvalue weighted by Gasteiger charge is 1.99. The third kappa shape index (κ3) is 4.97. The molecule has 0 saturated carbocycles. The molecule has 0 saturated heterocycles. The summed E-state index contributed by atoms with van der Waals surface area (Å²) in [5, 5.41) is 10.9. The Morgan fingerprint density at radius 3 is 2.41 bits per heavy atom. The van der Waals surface area contributed by atoms with Crippen molar-refractivity contribution in [2.24, 2.45) is 0 Å². The van der Waals surface area contributed by atoms with E-state index in [2.05, 4.69) is 12.2 Å². The van der Waals surface area contributed by atoms with Crippen LogP contribution in [0.2, 0.25) is 0 Å². The Bertz CT molecular complexity index is 421. The molecule has 0 bridgehead atoms. The number of rotatable bonds is 5. The molecule has 0 atom stereocenters. The number of carbonyl (C=O) groups excluding carboxylic acids is 1. The lowest BCUT2D eigenvalue weighted by molar-refractivity contribution is -0.131. The number of amides is 1. The van der Waals surface area contributed by atoms with E-state index in [0.717, 1.165) is 25.0 Å². The Hall–Kier alpha value is -2.10. The normalized spacial score (nSPS) is 10.4. The predicted molar refractivity (Wildman–Crippen MR) is 65.8 cm³/mol. The van der Waals surface area contributed by atoms with Gasteiger partial charge in [0.05, 0.1) is 0 Å². The van der Waals surface area contributed by atoms with Crippen molar-refractivity contribution in [3.8, 4) is 0 Å². The largest absolute Gasteiger partial charge is 0.478 e. The summed E-state index contributed by atoms with van der Waals surface area (Å²) in [7, 11) is 0. The summed E-state index contributed by atoms with van der Waals surface area (Å²) in [6.07, 6.45) is 3.88. The molecule has 1 aromatic rings. The first-order valence-electron chi connectivity index (χ1n) is 5.42. The number of hydrogen-bond donors (Lipinski definition) is 2. The molecule has 0 radical (unpaired) electrons. The molecule has 0 heterocycles. The maximum atomic E-state index is 11.3. The molecule has 0 spiro atoms. The second kappa shape index (κ2) is 6.48. The van der Waals surface area contributed by atoms with E-state index in [4.69, 9.17) is 5.11 Å². The van der Waals surface area contributed by atoms with Gasteiger partial charge in [0.2, 0.25) is 5.91 Å². The van der Waals surface area contributed by atoms with Gasteiger partial charge in [-0.25, -0.2) is 4.79 Å². The van der Waals surface area contributed by atoms with E-state index in [-0.39, 0.29) is 0 Å². The van der Waals surface area contributed by atoms with Gasteiger partial charge >= 0.3 is 5.97 Å². The molecule has 0 aromatic heterocycles. The van der Waals surface area contributed by atoms with Crippen molar-refractivity contribution >= 4 is 17.6 Å². The van der Waals surface area contributed by atoms with Crippen LogP contribution in [0.25, 0.3) is 0 Å². The number of hydrogen-bond acceptors (Lipinski definition) is 2. The zero-order valence-corrected chi connectivity index (χ0v) is 9.64. The summed E-state index contributed by atoms with van der Waals surface area (Å²) in [4.78, 5) is 21.5. The number of carboxylic acid groups (broad SMARTS) is 1. The van der Waals surface area contributed by atoms with E-state index in [1.165, 1.54) is 5.56 Å². The van der Waals surface area contributed by atoms with Crippen molar-refractivity contribution in [1.29, 1.82) is 0 Å². The smallest absolute Gasteiger partial charge is 0.328 e. The summed E-state index contributed by atoms with van der Waals surface area (Å²) in [5.41, 5.74) is 1.87. The van der Waals surface area contributed by atoms with Gasteiger partial charge in [0.1, 0.15) is 0 Å². The first kappa shape index (κ1) is 13.0. The van der Waals surface area contributed by atoms with Crippen molar-refractivity contribution in [1.82, 2.24) is 0 Å². The summed E-state index contributed by atoms with van der Waals surface area (Å²) >= 11 is 0. The van der Waals surface area contributed by atoms with Gasteiger partial charge in [-0.2, -0.15) is 0 Å². The van der Waals surface area contributed by atoms with Crippen LogP contribution >= 0.6 is 0 Å². The zero-order chi connectivity index (χ0) is 12.7. The second-order valence-corrected chi connectivity index (χ2v) is 3.61. The average molecular weight is 233 g/mol. The van der Waals surface area contributed by atoms with Crippen molar-refractivity contribution in [3.63, 3.8) is 0 Å². The number of carbonyl (C=O) groups is 2. The summed E-state index contributed by atoms with van der Waals surface area (Å²) in [6, 6.07) is 7.50. The van der Waals surface area contributed by atoms with Crippen LogP contribution in [-0.2, 0) is 16.0 Å². The minimum Gasteiger partial charge on any atom is -0.478 e. The highest BCUT2D eigenvalue weighted by Crippen LogP contribution is 2.10. The lowest BCUT2D eigenvalue weighted by atomic mass is 10.1. The monoisotopic (exact) mass is 233 g/mol. The lowest BCUT2D eigenvalue weighted by Gasteiger charge is -2.03. The second-order valence-electron chi connectivity index (χ2n) is 3.61. The van der Waals surface area contributed by atoms with Crippen LogP contribution in [0.3, 0.4) is 0 Å². The zero-order valence-electron chi connectivity index (χ0n) is 9.64. The van der Waals surface area contributed by atoms with E-state index in [0.29, 0.717) is 5.69 Å². The van der Waals surface area contributed by atoms with Crippen molar-refractivity contribution in [2.75, 3.05) is 5.32 Å². The average Bonchev–Trinajstić information content (AvgIpc) is 2.29. The molecular weight excluding hydrogens is 218 g/mol. The number of nitrogens with one attached hydrogen (secondary N) is 1. The van der Waals surface area contributed by atoms with Crippen LogP contribution in [0.4, 0.5) is 5.69 Å². The summed E-state index contributed by atoms with van der Waals surface area (Å²) < 4.78 is 0. The molecule has 4 heteroatoms. The summed E-state index contributed by atoms with van der Waals surface area (Å²) in [5.74, 6) is -1.59. The summed E-state index contributed by atoms with van der Waals surface area (Å²) in [6.45, 7) is 2.10. The molecule has 0 aliphatic heterocycles. The van der Waals surface area contributed by atoms with Gasteiger partial charge in [0.15, 0.2) is 0 Å². The quantitative estimate of drug-likeness (QED) is 0.766. The van der Waals surface area contributed by atoms with Gasteiger partial charge in [0.25, 0.3) is 0 Å². The molecule has 2 N–H and O–H groups in total. The molecule has 0 aliphatic carbocycles. The third-order valence-electron chi connectivity index (χ3n) is 2.14. The molecule has 0 aliphatic rings. The molecule has 1 aromatic carbocycles. The van der Waals surface area contributed by atoms with E-state index in [1.54, 1.807) is 12.1 Å². The topological polar surface area (TPSA) is 66.4 Å². The van der Waals surface area contributed by atoms with Gasteiger partial charge in [-0.1, -0.05) is 25.5 Å². The molecular formula is C13H15NO3. The Morgan fingerprint density at radius 1 is 1.24 bits per heavy atom. The van der Waals surface area contributed by atoms with Crippen LogP contribution in [0.15, 0.2) is 36.4 Å². The standard InChI is InChI=1S/C13H15NO3/c1-2-3-10-4-6-11(7-5-10)14-12(15)8-9-13(16)17/h4-9H,2-3H2,1H3,(H,14,15)(H,16,17)/b9-8+. The molecule has 4 nitrogen and oxygen atoms in total. The fourth-order valence-electron chi connectivity index (χ4n) is 1.37. The third-order valence-corrected chi connectivity index (χ3v) is 2.14. The fourth-order valence-corrected chi connectivity index (χ4v) is 1.37. The number of anilines is 1. The molecule has 17 heavy (non-hydrogen) atoms. The highest BCUT2D eigenvalue weighted by molar-refractivity contribution is 6.02. The van der Waals surface area contributed by atoms with Crippen molar-refractivity contribution in [3.05, 3.63) is 42.0 Å². The Kier molecular flexibility index (Phi) is 4.94. The van der Waals surface area contributed by atoms with Gasteiger partial charge in [-0.05, 0) is 24.1 Å². The first-order chi connectivity index (χ1) is 8.11. The van der Waals surface area contributed by atoms with E-state index in [1.807, 2.05) is 12.1 Å². The molecule has 0 fully saturated rings. The lowest BCUT2D eigenvalue weighted by Crippen LogP contribution is -2.08. The number of benzene rings is 1.